The maximum atomic E-state index is 13.5. The number of amides is 1. The second-order valence-corrected chi connectivity index (χ2v) is 7.50. The van der Waals surface area contributed by atoms with E-state index >= 15 is 0 Å². The van der Waals surface area contributed by atoms with E-state index in [9.17, 15) is 14.0 Å². The minimum atomic E-state index is -0.715. The van der Waals surface area contributed by atoms with Gasteiger partial charge in [0.25, 0.3) is 5.91 Å². The number of nitrogens with zero attached hydrogens (tertiary/aromatic N) is 2. The van der Waals surface area contributed by atoms with Crippen molar-refractivity contribution in [3.05, 3.63) is 111 Å². The summed E-state index contributed by atoms with van der Waals surface area (Å²) in [5, 5.41) is 0.689. The van der Waals surface area contributed by atoms with Crippen molar-refractivity contribution in [1.29, 1.82) is 0 Å². The highest BCUT2D eigenvalue weighted by atomic mass is 35.5. The highest BCUT2D eigenvalue weighted by molar-refractivity contribution is 6.31. The lowest BCUT2D eigenvalue weighted by molar-refractivity contribution is 0.0714. The van der Waals surface area contributed by atoms with E-state index in [2.05, 4.69) is 4.98 Å². The Hall–Kier alpha value is -3.51. The van der Waals surface area contributed by atoms with E-state index in [0.29, 0.717) is 16.0 Å². The lowest BCUT2D eigenvalue weighted by Crippen LogP contribution is -2.29. The smallest absolute Gasteiger partial charge is 0.291 e. The highest BCUT2D eigenvalue weighted by Gasteiger charge is 2.42. The van der Waals surface area contributed by atoms with Crippen molar-refractivity contribution in [2.75, 3.05) is 0 Å². The summed E-state index contributed by atoms with van der Waals surface area (Å²) < 4.78 is 19.4. The van der Waals surface area contributed by atoms with Gasteiger partial charge in [-0.25, -0.2) is 4.39 Å². The van der Waals surface area contributed by atoms with Gasteiger partial charge in [-0.05, 0) is 47.5 Å². The van der Waals surface area contributed by atoms with Crippen LogP contribution >= 0.6 is 11.6 Å². The fourth-order valence-corrected chi connectivity index (χ4v) is 4.01. The Bertz CT molecular complexity index is 1340. The molecule has 1 amide bonds. The van der Waals surface area contributed by atoms with E-state index in [1.54, 1.807) is 47.6 Å². The van der Waals surface area contributed by atoms with Crippen molar-refractivity contribution < 1.29 is 13.6 Å². The number of hydrogen-bond acceptors (Lipinski definition) is 4. The first-order chi connectivity index (χ1) is 14.5. The molecule has 0 fully saturated rings. The molecule has 2 aromatic heterocycles. The van der Waals surface area contributed by atoms with Crippen LogP contribution in [0.4, 0.5) is 4.39 Å². The van der Waals surface area contributed by atoms with Crippen molar-refractivity contribution in [2.24, 2.45) is 0 Å². The zero-order valence-corrected chi connectivity index (χ0v) is 16.3. The van der Waals surface area contributed by atoms with Gasteiger partial charge in [0.1, 0.15) is 11.4 Å². The summed E-state index contributed by atoms with van der Waals surface area (Å²) in [7, 11) is 0. The van der Waals surface area contributed by atoms with Gasteiger partial charge in [-0.1, -0.05) is 29.8 Å². The van der Waals surface area contributed by atoms with Gasteiger partial charge in [0.05, 0.1) is 17.0 Å². The highest BCUT2D eigenvalue weighted by Crippen LogP contribution is 2.39. The molecule has 4 aromatic rings. The first-order valence-electron chi connectivity index (χ1n) is 9.24. The SMILES string of the molecule is O=C1c2oc3ccc(Cl)cc3c(=O)c2[C@@H](c2ccc(F)cc2)N1Cc1cccnc1. The number of pyridine rings is 1. The summed E-state index contributed by atoms with van der Waals surface area (Å²) in [6.45, 7) is 0.218. The lowest BCUT2D eigenvalue weighted by Gasteiger charge is -2.25. The molecule has 0 aliphatic carbocycles. The monoisotopic (exact) mass is 420 g/mol. The molecule has 0 saturated carbocycles. The number of aromatic nitrogens is 1. The maximum Gasteiger partial charge on any atom is 0.291 e. The van der Waals surface area contributed by atoms with Crippen molar-refractivity contribution in [2.45, 2.75) is 12.6 Å². The van der Waals surface area contributed by atoms with E-state index in [4.69, 9.17) is 16.0 Å². The number of carbonyl (C=O) groups is 1. The molecule has 148 valence electrons. The largest absolute Gasteiger partial charge is 0.450 e. The summed E-state index contributed by atoms with van der Waals surface area (Å²) in [5.74, 6) is -0.815. The van der Waals surface area contributed by atoms with Crippen LogP contribution in [0, 0.1) is 5.82 Å². The Morgan fingerprint density at radius 2 is 1.90 bits per heavy atom. The average molecular weight is 421 g/mol. The van der Waals surface area contributed by atoms with Crippen LogP contribution < -0.4 is 5.43 Å². The summed E-state index contributed by atoms with van der Waals surface area (Å²) in [4.78, 5) is 32.3. The van der Waals surface area contributed by atoms with Crippen LogP contribution in [0.1, 0.15) is 33.3 Å². The molecule has 1 aliphatic heterocycles. The number of halogens is 2. The molecule has 0 unspecified atom stereocenters. The van der Waals surface area contributed by atoms with E-state index in [0.717, 1.165) is 5.56 Å². The molecule has 5 rings (SSSR count). The first-order valence-corrected chi connectivity index (χ1v) is 9.62. The molecule has 2 aromatic carbocycles. The Balaban J connectivity index is 1.74. The molecular weight excluding hydrogens is 407 g/mol. The molecular formula is C23H14ClFN2O3. The summed E-state index contributed by atoms with van der Waals surface area (Å²) in [6, 6.07) is 13.4. The molecule has 0 saturated heterocycles. The predicted octanol–water partition coefficient (Wildman–Crippen LogP) is 4.73. The fourth-order valence-electron chi connectivity index (χ4n) is 3.84. The molecule has 5 nitrogen and oxygen atoms in total. The van der Waals surface area contributed by atoms with Gasteiger partial charge in [-0.3, -0.25) is 14.6 Å². The van der Waals surface area contributed by atoms with Crippen LogP contribution in [0.2, 0.25) is 5.02 Å². The van der Waals surface area contributed by atoms with Gasteiger partial charge >= 0.3 is 0 Å². The molecule has 0 N–H and O–H groups in total. The van der Waals surface area contributed by atoms with E-state index in [1.807, 2.05) is 6.07 Å². The molecule has 1 aliphatic rings. The van der Waals surface area contributed by atoms with Crippen molar-refractivity contribution in [3.8, 4) is 0 Å². The van der Waals surface area contributed by atoms with E-state index in [-0.39, 0.29) is 28.9 Å². The lowest BCUT2D eigenvalue weighted by atomic mass is 9.98. The third-order valence-electron chi connectivity index (χ3n) is 5.19. The second-order valence-electron chi connectivity index (χ2n) is 7.06. The van der Waals surface area contributed by atoms with Crippen LogP contribution in [-0.2, 0) is 6.54 Å². The number of carbonyl (C=O) groups excluding carboxylic acids is 1. The van der Waals surface area contributed by atoms with Crippen molar-refractivity contribution in [3.63, 3.8) is 0 Å². The Morgan fingerprint density at radius 1 is 1.10 bits per heavy atom. The minimum Gasteiger partial charge on any atom is -0.450 e. The number of benzene rings is 2. The van der Waals surface area contributed by atoms with Gasteiger partial charge in [-0.15, -0.1) is 0 Å². The quantitative estimate of drug-likeness (QED) is 0.481. The molecule has 7 heteroatoms. The first kappa shape index (κ1) is 18.5. The van der Waals surface area contributed by atoms with Crippen molar-refractivity contribution in [1.82, 2.24) is 9.88 Å². The Morgan fingerprint density at radius 3 is 2.63 bits per heavy atom. The van der Waals surface area contributed by atoms with Gasteiger partial charge < -0.3 is 9.32 Å². The third-order valence-corrected chi connectivity index (χ3v) is 5.42. The normalized spacial score (nSPS) is 15.6. The summed E-state index contributed by atoms with van der Waals surface area (Å²) in [5.41, 5.74) is 1.60. The Kier molecular flexibility index (Phi) is 4.37. The third kappa shape index (κ3) is 2.97. The van der Waals surface area contributed by atoms with Crippen LogP contribution in [0.5, 0.6) is 0 Å². The second kappa shape index (κ2) is 7.07. The van der Waals surface area contributed by atoms with Gasteiger partial charge in [0, 0.05) is 24.0 Å². The maximum absolute atomic E-state index is 13.5. The molecule has 0 spiro atoms. The number of fused-ring (bicyclic) bond motifs is 2. The van der Waals surface area contributed by atoms with E-state index in [1.165, 1.54) is 18.2 Å². The van der Waals surface area contributed by atoms with Crippen LogP contribution in [0.3, 0.4) is 0 Å². The zero-order chi connectivity index (χ0) is 20.8. The van der Waals surface area contributed by atoms with Gasteiger partial charge in [0.2, 0.25) is 5.76 Å². The van der Waals surface area contributed by atoms with Gasteiger partial charge in [0.15, 0.2) is 5.43 Å². The Labute approximate surface area is 175 Å². The fraction of sp³-hybridized carbons (Fsp3) is 0.0870. The topological polar surface area (TPSA) is 63.4 Å². The standard InChI is InChI=1S/C23H14ClFN2O3/c24-15-5-8-18-17(10-15)21(28)19-20(14-3-6-16(25)7-4-14)27(23(29)22(19)30-18)12-13-2-1-9-26-11-13/h1-11,20H,12H2/t20-/m1/s1. The van der Waals surface area contributed by atoms with Crippen LogP contribution in [0.15, 0.2) is 76.2 Å². The summed E-state index contributed by atoms with van der Waals surface area (Å²) >= 11 is 6.07. The van der Waals surface area contributed by atoms with Crippen molar-refractivity contribution >= 4 is 28.5 Å². The average Bonchev–Trinajstić information content (AvgIpc) is 3.02. The molecule has 0 bridgehead atoms. The number of rotatable bonds is 3. The number of hydrogen-bond donors (Lipinski definition) is 0. The zero-order valence-electron chi connectivity index (χ0n) is 15.5. The molecule has 0 radical (unpaired) electrons. The van der Waals surface area contributed by atoms with E-state index < -0.39 is 17.8 Å². The molecule has 30 heavy (non-hydrogen) atoms. The predicted molar refractivity (Wildman–Crippen MR) is 110 cm³/mol. The van der Waals surface area contributed by atoms with Crippen LogP contribution in [-0.4, -0.2) is 15.8 Å². The van der Waals surface area contributed by atoms with Gasteiger partial charge in [-0.2, -0.15) is 0 Å². The molecule has 1 atom stereocenters. The minimum absolute atomic E-state index is 0.00645. The summed E-state index contributed by atoms with van der Waals surface area (Å²) in [6.07, 6.45) is 3.30. The van der Waals surface area contributed by atoms with Crippen LogP contribution in [0.25, 0.3) is 11.0 Å². The molecule has 3 heterocycles.